The van der Waals surface area contributed by atoms with Crippen molar-refractivity contribution in [1.29, 1.82) is 5.26 Å². The second kappa shape index (κ2) is 4.27. The lowest BCUT2D eigenvalue weighted by Gasteiger charge is -2.44. The van der Waals surface area contributed by atoms with Crippen molar-refractivity contribution in [3.05, 3.63) is 0 Å². The Kier molecular flexibility index (Phi) is 3.05. The van der Waals surface area contributed by atoms with Gasteiger partial charge in [-0.3, -0.25) is 9.59 Å². The number of esters is 1. The van der Waals surface area contributed by atoms with Crippen LogP contribution in [0.25, 0.3) is 0 Å². The predicted octanol–water partition coefficient (Wildman–Crippen LogP) is 1.23. The summed E-state index contributed by atoms with van der Waals surface area (Å²) in [5.74, 6) is -0.518. The van der Waals surface area contributed by atoms with Gasteiger partial charge in [-0.05, 0) is 26.2 Å². The number of nitriles is 1. The van der Waals surface area contributed by atoms with Gasteiger partial charge in [-0.2, -0.15) is 5.26 Å². The van der Waals surface area contributed by atoms with Gasteiger partial charge in [0, 0.05) is 13.5 Å². The van der Waals surface area contributed by atoms with Crippen molar-refractivity contribution >= 4 is 11.9 Å². The molecule has 0 bridgehead atoms. The van der Waals surface area contributed by atoms with E-state index in [1.54, 1.807) is 14.0 Å². The number of ether oxygens (including phenoxy) is 1. The second-order valence-corrected chi connectivity index (χ2v) is 5.11. The van der Waals surface area contributed by atoms with Gasteiger partial charge >= 0.3 is 5.97 Å². The molecule has 0 spiro atoms. The summed E-state index contributed by atoms with van der Waals surface area (Å²) in [7, 11) is 1.62. The zero-order chi connectivity index (χ0) is 13.4. The van der Waals surface area contributed by atoms with Crippen LogP contribution in [0.3, 0.4) is 0 Å². The number of carbonyl (C=O) groups excluding carboxylic acids is 2. The largest absolute Gasteiger partial charge is 0.465 e. The average Bonchev–Trinajstić information content (AvgIpc) is 2.61. The fourth-order valence-electron chi connectivity index (χ4n) is 3.42. The summed E-state index contributed by atoms with van der Waals surface area (Å²) in [4.78, 5) is 25.8. The van der Waals surface area contributed by atoms with E-state index in [1.165, 1.54) is 4.90 Å². The molecule has 1 saturated heterocycles. The smallest absolute Gasteiger partial charge is 0.316 e. The standard InChI is InChI=1S/C13H18N2O3/c1-3-18-11(17)12-6-4-5-7-13(12,9-14)15(2)10(16)8-12/h3-8H2,1-2H3/t12-,13+/m0/s1. The monoisotopic (exact) mass is 250 g/mol. The van der Waals surface area contributed by atoms with E-state index >= 15 is 0 Å². The van der Waals surface area contributed by atoms with Gasteiger partial charge in [0.15, 0.2) is 0 Å². The minimum atomic E-state index is -1.01. The number of hydrogen-bond donors (Lipinski definition) is 0. The van der Waals surface area contributed by atoms with Crippen molar-refractivity contribution in [3.63, 3.8) is 0 Å². The minimum absolute atomic E-state index is 0.107. The van der Waals surface area contributed by atoms with Crippen LogP contribution >= 0.6 is 0 Å². The third-order valence-corrected chi connectivity index (χ3v) is 4.43. The van der Waals surface area contributed by atoms with Crippen molar-refractivity contribution in [3.8, 4) is 6.07 Å². The molecule has 98 valence electrons. The first-order chi connectivity index (χ1) is 8.54. The molecular formula is C13H18N2O3. The van der Waals surface area contributed by atoms with Crippen molar-refractivity contribution < 1.29 is 14.3 Å². The van der Waals surface area contributed by atoms with E-state index in [4.69, 9.17) is 4.74 Å². The zero-order valence-corrected chi connectivity index (χ0v) is 10.9. The molecule has 2 aliphatic rings. The number of carbonyl (C=O) groups is 2. The minimum Gasteiger partial charge on any atom is -0.465 e. The van der Waals surface area contributed by atoms with Crippen molar-refractivity contribution in [1.82, 2.24) is 4.90 Å². The molecule has 0 N–H and O–H groups in total. The fourth-order valence-corrected chi connectivity index (χ4v) is 3.42. The highest BCUT2D eigenvalue weighted by Crippen LogP contribution is 2.55. The number of likely N-dealkylation sites (tertiary alicyclic amines) is 1. The number of fused-ring (bicyclic) bond motifs is 1. The van der Waals surface area contributed by atoms with Crippen LogP contribution in [0.1, 0.15) is 39.0 Å². The molecule has 1 aliphatic carbocycles. The molecule has 1 heterocycles. The van der Waals surface area contributed by atoms with E-state index in [0.29, 0.717) is 12.8 Å². The molecule has 2 atom stereocenters. The quantitative estimate of drug-likeness (QED) is 0.691. The van der Waals surface area contributed by atoms with Crippen molar-refractivity contribution in [2.24, 2.45) is 5.41 Å². The van der Waals surface area contributed by atoms with Crippen LogP contribution < -0.4 is 0 Å². The van der Waals surface area contributed by atoms with Crippen LogP contribution in [0.4, 0.5) is 0 Å². The Morgan fingerprint density at radius 1 is 1.50 bits per heavy atom. The van der Waals surface area contributed by atoms with E-state index in [9.17, 15) is 14.9 Å². The lowest BCUT2D eigenvalue weighted by atomic mass is 9.62. The molecule has 0 aromatic rings. The molecular weight excluding hydrogens is 232 g/mol. The molecule has 1 aliphatic heterocycles. The van der Waals surface area contributed by atoms with E-state index in [0.717, 1.165) is 12.8 Å². The Morgan fingerprint density at radius 2 is 2.17 bits per heavy atom. The Labute approximate surface area is 107 Å². The summed E-state index contributed by atoms with van der Waals surface area (Å²) in [5, 5.41) is 9.57. The summed E-state index contributed by atoms with van der Waals surface area (Å²) in [6, 6.07) is 2.24. The van der Waals surface area contributed by atoms with Crippen molar-refractivity contribution in [2.45, 2.75) is 44.6 Å². The lowest BCUT2D eigenvalue weighted by Crippen LogP contribution is -2.57. The maximum Gasteiger partial charge on any atom is 0.316 e. The van der Waals surface area contributed by atoms with Gasteiger partial charge in [0.1, 0.15) is 11.0 Å². The van der Waals surface area contributed by atoms with E-state index in [-0.39, 0.29) is 24.9 Å². The molecule has 0 aromatic carbocycles. The van der Waals surface area contributed by atoms with Gasteiger partial charge in [-0.25, -0.2) is 0 Å². The van der Waals surface area contributed by atoms with Crippen LogP contribution in [-0.4, -0.2) is 36.0 Å². The molecule has 0 aromatic heterocycles. The molecule has 2 fully saturated rings. The molecule has 0 radical (unpaired) electrons. The molecule has 18 heavy (non-hydrogen) atoms. The first-order valence-electron chi connectivity index (χ1n) is 6.39. The third kappa shape index (κ3) is 1.38. The van der Waals surface area contributed by atoms with Gasteiger partial charge in [0.05, 0.1) is 12.7 Å². The summed E-state index contributed by atoms with van der Waals surface area (Å²) in [6.07, 6.45) is 2.96. The van der Waals surface area contributed by atoms with E-state index in [2.05, 4.69) is 6.07 Å². The molecule has 2 rings (SSSR count). The Hall–Kier alpha value is -1.57. The molecule has 1 amide bonds. The van der Waals surface area contributed by atoms with Crippen LogP contribution in [0, 0.1) is 16.7 Å². The Balaban J connectivity index is 2.50. The van der Waals surface area contributed by atoms with Crippen LogP contribution in [0.15, 0.2) is 0 Å². The van der Waals surface area contributed by atoms with Gasteiger partial charge in [0.2, 0.25) is 5.91 Å². The second-order valence-electron chi connectivity index (χ2n) is 5.11. The maximum atomic E-state index is 12.3. The third-order valence-electron chi connectivity index (χ3n) is 4.43. The van der Waals surface area contributed by atoms with Gasteiger partial charge in [-0.15, -0.1) is 0 Å². The highest BCUT2D eigenvalue weighted by molar-refractivity contribution is 5.93. The highest BCUT2D eigenvalue weighted by Gasteiger charge is 2.67. The lowest BCUT2D eigenvalue weighted by molar-refractivity contribution is -0.162. The van der Waals surface area contributed by atoms with E-state index in [1.807, 2.05) is 0 Å². The first kappa shape index (κ1) is 12.9. The molecule has 5 nitrogen and oxygen atoms in total. The summed E-state index contributed by atoms with van der Waals surface area (Å²) < 4.78 is 5.14. The van der Waals surface area contributed by atoms with Gasteiger partial charge in [-0.1, -0.05) is 6.42 Å². The Bertz CT molecular complexity index is 428. The molecule has 1 saturated carbocycles. The van der Waals surface area contributed by atoms with Crippen molar-refractivity contribution in [2.75, 3.05) is 13.7 Å². The van der Waals surface area contributed by atoms with Crippen LogP contribution in [0.5, 0.6) is 0 Å². The SMILES string of the molecule is CCOC(=O)[C@@]12CCCC[C@]1(C#N)N(C)C(=O)C2. The summed E-state index contributed by atoms with van der Waals surface area (Å²) in [6.45, 7) is 2.02. The van der Waals surface area contributed by atoms with Crippen LogP contribution in [0.2, 0.25) is 0 Å². The first-order valence-corrected chi connectivity index (χ1v) is 6.39. The topological polar surface area (TPSA) is 70.4 Å². The predicted molar refractivity (Wildman–Crippen MR) is 63.3 cm³/mol. The Morgan fingerprint density at radius 3 is 2.78 bits per heavy atom. The van der Waals surface area contributed by atoms with Gasteiger partial charge in [0.25, 0.3) is 0 Å². The average molecular weight is 250 g/mol. The molecule has 0 unspecified atom stereocenters. The maximum absolute atomic E-state index is 12.3. The molecule has 5 heteroatoms. The summed E-state index contributed by atoms with van der Waals surface area (Å²) >= 11 is 0. The number of nitrogens with zero attached hydrogens (tertiary/aromatic N) is 2. The zero-order valence-electron chi connectivity index (χ0n) is 10.9. The van der Waals surface area contributed by atoms with Gasteiger partial charge < -0.3 is 9.64 Å². The van der Waals surface area contributed by atoms with E-state index < -0.39 is 11.0 Å². The number of hydrogen-bond acceptors (Lipinski definition) is 4. The summed E-state index contributed by atoms with van der Waals surface area (Å²) in [5.41, 5.74) is -1.96. The normalized spacial score (nSPS) is 34.9. The number of rotatable bonds is 2. The highest BCUT2D eigenvalue weighted by atomic mass is 16.5. The fraction of sp³-hybridized carbons (Fsp3) is 0.769. The number of amides is 1. The van der Waals surface area contributed by atoms with Crippen LogP contribution in [-0.2, 0) is 14.3 Å².